The molecule has 0 unspecified atom stereocenters. The molecular weight excluding hydrogens is 212 g/mol. The lowest BCUT2D eigenvalue weighted by molar-refractivity contribution is 0.0698. The quantitative estimate of drug-likeness (QED) is 0.840. The third kappa shape index (κ3) is 1.44. The molecule has 2 aromatic rings. The van der Waals surface area contributed by atoms with Gasteiger partial charge in [-0.2, -0.15) is 5.10 Å². The number of methoxy groups -OCH3 is 2. The number of carbonyl (C=O) groups is 1. The Morgan fingerprint density at radius 3 is 2.75 bits per heavy atom. The maximum absolute atomic E-state index is 11.0. The lowest BCUT2D eigenvalue weighted by atomic mass is 10.2. The molecule has 0 saturated heterocycles. The molecule has 84 valence electrons. The summed E-state index contributed by atoms with van der Waals surface area (Å²) in [5.41, 5.74) is 0.510. The van der Waals surface area contributed by atoms with Crippen LogP contribution in [-0.4, -0.2) is 34.9 Å². The monoisotopic (exact) mass is 222 g/mol. The molecule has 2 aromatic heterocycles. The van der Waals surface area contributed by atoms with E-state index >= 15 is 0 Å². The minimum atomic E-state index is -1.04. The number of pyridine rings is 1. The summed E-state index contributed by atoms with van der Waals surface area (Å²) in [6.07, 6.45) is 2.86. The van der Waals surface area contributed by atoms with Crippen molar-refractivity contribution in [3.8, 4) is 11.5 Å². The fraction of sp³-hybridized carbons (Fsp3) is 0.200. The zero-order valence-corrected chi connectivity index (χ0v) is 8.80. The van der Waals surface area contributed by atoms with Gasteiger partial charge in [0.15, 0.2) is 0 Å². The van der Waals surface area contributed by atoms with Crippen LogP contribution in [0.15, 0.2) is 18.5 Å². The first-order chi connectivity index (χ1) is 7.67. The Balaban J connectivity index is 2.77. The van der Waals surface area contributed by atoms with E-state index in [4.69, 9.17) is 14.6 Å². The van der Waals surface area contributed by atoms with Crippen molar-refractivity contribution in [3.63, 3.8) is 0 Å². The molecular formula is C10H10N2O4. The summed E-state index contributed by atoms with van der Waals surface area (Å²) in [4.78, 5) is 11.0. The molecule has 6 heteroatoms. The van der Waals surface area contributed by atoms with Crippen LogP contribution in [0.25, 0.3) is 5.52 Å². The Bertz CT molecular complexity index is 547. The average Bonchev–Trinajstić information content (AvgIpc) is 2.71. The Labute approximate surface area is 91.0 Å². The third-order valence-corrected chi connectivity index (χ3v) is 2.24. The standard InChI is InChI=1S/C10H10N2O4/c1-15-6-3-8(16-2)9-7(10(13)14)4-11-12(9)5-6/h3-5H,1-2H3,(H,13,14). The topological polar surface area (TPSA) is 73.1 Å². The summed E-state index contributed by atoms with van der Waals surface area (Å²) in [5.74, 6) is -0.0860. The fourth-order valence-electron chi connectivity index (χ4n) is 1.48. The van der Waals surface area contributed by atoms with E-state index in [-0.39, 0.29) is 5.56 Å². The van der Waals surface area contributed by atoms with E-state index < -0.39 is 5.97 Å². The van der Waals surface area contributed by atoms with Gasteiger partial charge in [-0.25, -0.2) is 9.31 Å². The molecule has 6 nitrogen and oxygen atoms in total. The van der Waals surface area contributed by atoms with Gasteiger partial charge in [-0.1, -0.05) is 0 Å². The van der Waals surface area contributed by atoms with Gasteiger partial charge in [0.25, 0.3) is 0 Å². The largest absolute Gasteiger partial charge is 0.495 e. The number of aromatic carboxylic acids is 1. The number of aromatic nitrogens is 2. The van der Waals surface area contributed by atoms with E-state index in [1.54, 1.807) is 12.3 Å². The van der Waals surface area contributed by atoms with Crippen molar-refractivity contribution < 1.29 is 19.4 Å². The summed E-state index contributed by atoms with van der Waals surface area (Å²) in [6.45, 7) is 0. The van der Waals surface area contributed by atoms with Crippen molar-refractivity contribution in [2.75, 3.05) is 14.2 Å². The summed E-state index contributed by atoms with van der Waals surface area (Å²) >= 11 is 0. The molecule has 0 aliphatic heterocycles. The molecule has 0 fully saturated rings. The third-order valence-electron chi connectivity index (χ3n) is 2.24. The molecule has 2 rings (SSSR count). The lowest BCUT2D eigenvalue weighted by Crippen LogP contribution is -1.99. The summed E-state index contributed by atoms with van der Waals surface area (Å²) in [6, 6.07) is 1.61. The second-order valence-corrected chi connectivity index (χ2v) is 3.10. The predicted octanol–water partition coefficient (Wildman–Crippen LogP) is 1.05. The maximum Gasteiger partial charge on any atom is 0.339 e. The van der Waals surface area contributed by atoms with Gasteiger partial charge in [0.1, 0.15) is 22.6 Å². The van der Waals surface area contributed by atoms with Crippen molar-refractivity contribution in [2.45, 2.75) is 0 Å². The number of rotatable bonds is 3. The Hall–Kier alpha value is -2.24. The van der Waals surface area contributed by atoms with Gasteiger partial charge in [0.05, 0.1) is 26.6 Å². The predicted molar refractivity (Wildman–Crippen MR) is 55.3 cm³/mol. The zero-order valence-electron chi connectivity index (χ0n) is 8.80. The summed E-state index contributed by atoms with van der Waals surface area (Å²) in [7, 11) is 2.98. The van der Waals surface area contributed by atoms with E-state index in [0.717, 1.165) is 0 Å². The van der Waals surface area contributed by atoms with Crippen LogP contribution in [0.1, 0.15) is 10.4 Å². The van der Waals surface area contributed by atoms with Gasteiger partial charge in [0, 0.05) is 6.07 Å². The molecule has 1 N–H and O–H groups in total. The molecule has 0 radical (unpaired) electrons. The average molecular weight is 222 g/mol. The van der Waals surface area contributed by atoms with Crippen LogP contribution >= 0.6 is 0 Å². The van der Waals surface area contributed by atoms with Gasteiger partial charge in [-0.15, -0.1) is 0 Å². The maximum atomic E-state index is 11.0. The SMILES string of the molecule is COc1cc(OC)c2c(C(=O)O)cnn2c1. The number of nitrogens with zero attached hydrogens (tertiary/aromatic N) is 2. The zero-order chi connectivity index (χ0) is 11.7. The van der Waals surface area contributed by atoms with Crippen LogP contribution in [0.3, 0.4) is 0 Å². The number of carboxylic acids is 1. The van der Waals surface area contributed by atoms with E-state index in [1.807, 2.05) is 0 Å². The highest BCUT2D eigenvalue weighted by atomic mass is 16.5. The first kappa shape index (κ1) is 10.3. The number of carboxylic acid groups (broad SMARTS) is 1. The number of ether oxygens (including phenoxy) is 2. The molecule has 0 bridgehead atoms. The molecule has 0 aromatic carbocycles. The number of hydrogen-bond acceptors (Lipinski definition) is 4. The van der Waals surface area contributed by atoms with Crippen LogP contribution in [0, 0.1) is 0 Å². The second kappa shape index (κ2) is 3.73. The Morgan fingerprint density at radius 2 is 2.19 bits per heavy atom. The first-order valence-electron chi connectivity index (χ1n) is 4.50. The molecule has 0 spiro atoms. The smallest absolute Gasteiger partial charge is 0.339 e. The van der Waals surface area contributed by atoms with Gasteiger partial charge < -0.3 is 14.6 Å². The minimum Gasteiger partial charge on any atom is -0.495 e. The van der Waals surface area contributed by atoms with Crippen molar-refractivity contribution in [1.29, 1.82) is 0 Å². The van der Waals surface area contributed by atoms with Crippen molar-refractivity contribution in [3.05, 3.63) is 24.0 Å². The van der Waals surface area contributed by atoms with Crippen LogP contribution < -0.4 is 9.47 Å². The van der Waals surface area contributed by atoms with Gasteiger partial charge in [-0.3, -0.25) is 0 Å². The number of fused-ring (bicyclic) bond motifs is 1. The summed E-state index contributed by atoms with van der Waals surface area (Å²) < 4.78 is 11.6. The van der Waals surface area contributed by atoms with Crippen molar-refractivity contribution in [1.82, 2.24) is 9.61 Å². The van der Waals surface area contributed by atoms with Crippen LogP contribution in [0.2, 0.25) is 0 Å². The highest BCUT2D eigenvalue weighted by Gasteiger charge is 2.16. The highest BCUT2D eigenvalue weighted by Crippen LogP contribution is 2.27. The van der Waals surface area contributed by atoms with Gasteiger partial charge in [-0.05, 0) is 0 Å². The van der Waals surface area contributed by atoms with Crippen LogP contribution in [0.4, 0.5) is 0 Å². The van der Waals surface area contributed by atoms with Crippen molar-refractivity contribution in [2.24, 2.45) is 0 Å². The van der Waals surface area contributed by atoms with Gasteiger partial charge >= 0.3 is 5.97 Å². The highest BCUT2D eigenvalue weighted by molar-refractivity contribution is 5.97. The second-order valence-electron chi connectivity index (χ2n) is 3.10. The van der Waals surface area contributed by atoms with E-state index in [9.17, 15) is 4.79 Å². The van der Waals surface area contributed by atoms with Gasteiger partial charge in [0.2, 0.25) is 0 Å². The normalized spacial score (nSPS) is 10.4. The van der Waals surface area contributed by atoms with Crippen LogP contribution in [-0.2, 0) is 0 Å². The van der Waals surface area contributed by atoms with E-state index in [2.05, 4.69) is 5.10 Å². The fourth-order valence-corrected chi connectivity index (χ4v) is 1.48. The lowest BCUT2D eigenvalue weighted by Gasteiger charge is -2.06. The molecule has 0 aliphatic rings. The molecule has 0 saturated carbocycles. The molecule has 2 heterocycles. The van der Waals surface area contributed by atoms with Crippen molar-refractivity contribution >= 4 is 11.5 Å². The van der Waals surface area contributed by atoms with E-state index in [1.165, 1.54) is 24.9 Å². The Kier molecular flexibility index (Phi) is 2.40. The Morgan fingerprint density at radius 1 is 1.44 bits per heavy atom. The molecule has 0 aliphatic carbocycles. The summed E-state index contributed by atoms with van der Waals surface area (Å²) in [5, 5.41) is 12.9. The first-order valence-corrected chi connectivity index (χ1v) is 4.50. The molecule has 0 atom stereocenters. The van der Waals surface area contributed by atoms with E-state index in [0.29, 0.717) is 17.0 Å². The number of hydrogen-bond donors (Lipinski definition) is 1. The molecule has 0 amide bonds. The minimum absolute atomic E-state index is 0.0968. The molecule has 16 heavy (non-hydrogen) atoms. The van der Waals surface area contributed by atoms with Crippen LogP contribution in [0.5, 0.6) is 11.5 Å².